The number of nitrogens with zero attached hydrogens (tertiary/aromatic N) is 1. The largest absolute Gasteiger partial charge is 0.476 e. The van der Waals surface area contributed by atoms with Gasteiger partial charge in [-0.05, 0) is 12.1 Å². The third-order valence-electron chi connectivity index (χ3n) is 2.60. The highest BCUT2D eigenvalue weighted by molar-refractivity contribution is 9.10. The Morgan fingerprint density at radius 1 is 1.55 bits per heavy atom. The lowest BCUT2D eigenvalue weighted by molar-refractivity contribution is 0.0696. The van der Waals surface area contributed by atoms with E-state index in [0.29, 0.717) is 18.8 Å². The number of aromatic nitrogens is 1. The molecule has 0 aliphatic carbocycles. The average Bonchev–Trinajstić information content (AvgIpc) is 2.89. The summed E-state index contributed by atoms with van der Waals surface area (Å²) in [6, 6.07) is 5.82. The average molecular weight is 357 g/mol. The molecular formula is C13H13BrN2O3S. The van der Waals surface area contributed by atoms with Crippen molar-refractivity contribution in [1.29, 1.82) is 0 Å². The highest BCUT2D eigenvalue weighted by Crippen LogP contribution is 2.26. The van der Waals surface area contributed by atoms with Crippen LogP contribution in [0.1, 0.15) is 21.1 Å². The van der Waals surface area contributed by atoms with Gasteiger partial charge in [0.2, 0.25) is 5.01 Å². The van der Waals surface area contributed by atoms with Gasteiger partial charge in [-0.3, -0.25) is 0 Å². The number of aromatic carboxylic acids is 1. The maximum Gasteiger partial charge on any atom is 0.365 e. The summed E-state index contributed by atoms with van der Waals surface area (Å²) in [5.74, 6) is -0.997. The molecule has 0 aliphatic rings. The van der Waals surface area contributed by atoms with Crippen molar-refractivity contribution in [1.82, 2.24) is 4.98 Å². The van der Waals surface area contributed by atoms with Gasteiger partial charge < -0.3 is 15.2 Å². The number of thiazole rings is 1. The van der Waals surface area contributed by atoms with Crippen LogP contribution in [0.25, 0.3) is 0 Å². The second-order valence-electron chi connectivity index (χ2n) is 4.00. The quantitative estimate of drug-likeness (QED) is 0.830. The van der Waals surface area contributed by atoms with Crippen molar-refractivity contribution in [2.45, 2.75) is 13.2 Å². The third-order valence-corrected chi connectivity index (χ3v) is 4.22. The smallest absolute Gasteiger partial charge is 0.365 e. The van der Waals surface area contributed by atoms with Crippen molar-refractivity contribution >= 4 is 38.9 Å². The fraction of sp³-hybridized carbons (Fsp3) is 0.231. The Labute approximate surface area is 128 Å². The Bertz CT molecular complexity index is 615. The second kappa shape index (κ2) is 6.83. The van der Waals surface area contributed by atoms with Crippen molar-refractivity contribution in [2.75, 3.05) is 12.4 Å². The molecule has 5 nitrogen and oxygen atoms in total. The molecule has 2 N–H and O–H groups in total. The Morgan fingerprint density at radius 3 is 3.00 bits per heavy atom. The molecule has 0 fully saturated rings. The van der Waals surface area contributed by atoms with Crippen LogP contribution in [0.5, 0.6) is 0 Å². The Hall–Kier alpha value is -1.44. The molecular weight excluding hydrogens is 344 g/mol. The van der Waals surface area contributed by atoms with Crippen molar-refractivity contribution in [3.05, 3.63) is 44.3 Å². The van der Waals surface area contributed by atoms with Crippen LogP contribution in [-0.2, 0) is 17.9 Å². The first-order chi connectivity index (χ1) is 9.61. The molecule has 0 aliphatic heterocycles. The zero-order chi connectivity index (χ0) is 14.5. The summed E-state index contributed by atoms with van der Waals surface area (Å²) in [6.45, 7) is 0.956. The maximum atomic E-state index is 10.8. The standard InChI is InChI=1S/C13H13BrN2O3S/c1-19-6-9-10(14)3-2-4-11(9)15-5-8-7-20-12(16-8)13(17)18/h2-4,7,15H,5-6H2,1H3,(H,17,18). The number of hydrogen-bond acceptors (Lipinski definition) is 5. The summed E-state index contributed by atoms with van der Waals surface area (Å²) < 4.78 is 6.14. The van der Waals surface area contributed by atoms with E-state index in [-0.39, 0.29) is 5.01 Å². The summed E-state index contributed by atoms with van der Waals surface area (Å²) in [5, 5.41) is 13.9. The minimum absolute atomic E-state index is 0.105. The molecule has 106 valence electrons. The molecule has 0 atom stereocenters. The Morgan fingerprint density at radius 2 is 2.35 bits per heavy atom. The summed E-state index contributed by atoms with van der Waals surface area (Å²) in [4.78, 5) is 14.8. The maximum absolute atomic E-state index is 10.8. The minimum Gasteiger partial charge on any atom is -0.476 e. The van der Waals surface area contributed by atoms with E-state index in [1.807, 2.05) is 18.2 Å². The van der Waals surface area contributed by atoms with Crippen LogP contribution < -0.4 is 5.32 Å². The van der Waals surface area contributed by atoms with E-state index in [9.17, 15) is 4.79 Å². The lowest BCUT2D eigenvalue weighted by atomic mass is 10.2. The van der Waals surface area contributed by atoms with E-state index < -0.39 is 5.97 Å². The zero-order valence-electron chi connectivity index (χ0n) is 10.7. The molecule has 1 heterocycles. The van der Waals surface area contributed by atoms with E-state index in [1.165, 1.54) is 0 Å². The second-order valence-corrected chi connectivity index (χ2v) is 5.71. The van der Waals surface area contributed by atoms with E-state index in [4.69, 9.17) is 9.84 Å². The molecule has 1 aromatic carbocycles. The van der Waals surface area contributed by atoms with Crippen LogP contribution in [0.3, 0.4) is 0 Å². The van der Waals surface area contributed by atoms with Crippen LogP contribution in [0, 0.1) is 0 Å². The Balaban J connectivity index is 2.10. The van der Waals surface area contributed by atoms with E-state index in [2.05, 4.69) is 26.2 Å². The summed E-state index contributed by atoms with van der Waals surface area (Å²) in [5.41, 5.74) is 2.66. The fourth-order valence-electron chi connectivity index (χ4n) is 1.69. The molecule has 1 aromatic heterocycles. The molecule has 0 saturated heterocycles. The topological polar surface area (TPSA) is 71.5 Å². The number of nitrogens with one attached hydrogen (secondary N) is 1. The first-order valence-electron chi connectivity index (χ1n) is 5.79. The van der Waals surface area contributed by atoms with Gasteiger partial charge in [-0.25, -0.2) is 9.78 Å². The number of carboxylic acids is 1. The molecule has 0 spiro atoms. The first-order valence-corrected chi connectivity index (χ1v) is 7.47. The molecule has 0 bridgehead atoms. The normalized spacial score (nSPS) is 10.5. The minimum atomic E-state index is -0.997. The monoisotopic (exact) mass is 356 g/mol. The van der Waals surface area contributed by atoms with Gasteiger partial charge in [-0.1, -0.05) is 22.0 Å². The lowest BCUT2D eigenvalue weighted by Crippen LogP contribution is -2.05. The van der Waals surface area contributed by atoms with Crippen LogP contribution in [-0.4, -0.2) is 23.2 Å². The number of carbonyl (C=O) groups is 1. The molecule has 0 saturated carbocycles. The number of carboxylic acid groups (broad SMARTS) is 1. The van der Waals surface area contributed by atoms with Gasteiger partial charge in [-0.2, -0.15) is 0 Å². The summed E-state index contributed by atoms with van der Waals surface area (Å²) in [7, 11) is 1.64. The van der Waals surface area contributed by atoms with Crippen molar-refractivity contribution in [3.63, 3.8) is 0 Å². The number of methoxy groups -OCH3 is 1. The highest BCUT2D eigenvalue weighted by atomic mass is 79.9. The lowest BCUT2D eigenvalue weighted by Gasteiger charge is -2.12. The molecule has 0 radical (unpaired) electrons. The van der Waals surface area contributed by atoms with E-state index in [0.717, 1.165) is 27.1 Å². The van der Waals surface area contributed by atoms with Crippen molar-refractivity contribution < 1.29 is 14.6 Å². The molecule has 7 heteroatoms. The number of rotatable bonds is 6. The van der Waals surface area contributed by atoms with Crippen molar-refractivity contribution in [2.24, 2.45) is 0 Å². The van der Waals surface area contributed by atoms with Crippen molar-refractivity contribution in [3.8, 4) is 0 Å². The van der Waals surface area contributed by atoms with E-state index in [1.54, 1.807) is 12.5 Å². The highest BCUT2D eigenvalue weighted by Gasteiger charge is 2.10. The van der Waals surface area contributed by atoms with Gasteiger partial charge in [-0.15, -0.1) is 11.3 Å². The van der Waals surface area contributed by atoms with Crippen LogP contribution >= 0.6 is 27.3 Å². The number of benzene rings is 1. The van der Waals surface area contributed by atoms with Crippen LogP contribution in [0.4, 0.5) is 5.69 Å². The Kier molecular flexibility index (Phi) is 5.11. The number of anilines is 1. The van der Waals surface area contributed by atoms with Crippen LogP contribution in [0.15, 0.2) is 28.1 Å². The summed E-state index contributed by atoms with van der Waals surface area (Å²) in [6.07, 6.45) is 0. The summed E-state index contributed by atoms with van der Waals surface area (Å²) >= 11 is 4.61. The number of ether oxygens (including phenoxy) is 1. The number of hydrogen-bond donors (Lipinski definition) is 2. The van der Waals surface area contributed by atoms with Gasteiger partial charge in [0.1, 0.15) is 0 Å². The number of halogens is 1. The van der Waals surface area contributed by atoms with Gasteiger partial charge in [0.25, 0.3) is 0 Å². The fourth-order valence-corrected chi connectivity index (χ4v) is 2.82. The van der Waals surface area contributed by atoms with Gasteiger partial charge >= 0.3 is 5.97 Å². The van der Waals surface area contributed by atoms with Gasteiger partial charge in [0.15, 0.2) is 0 Å². The molecule has 2 aromatic rings. The molecule has 0 unspecified atom stereocenters. The predicted octanol–water partition coefficient (Wildman–Crippen LogP) is 3.36. The molecule has 20 heavy (non-hydrogen) atoms. The van der Waals surface area contributed by atoms with Gasteiger partial charge in [0, 0.05) is 28.2 Å². The molecule has 0 amide bonds. The zero-order valence-corrected chi connectivity index (χ0v) is 13.1. The van der Waals surface area contributed by atoms with Gasteiger partial charge in [0.05, 0.1) is 18.8 Å². The van der Waals surface area contributed by atoms with Crippen LogP contribution in [0.2, 0.25) is 0 Å². The first kappa shape index (κ1) is 15.0. The third kappa shape index (κ3) is 3.56. The van der Waals surface area contributed by atoms with E-state index >= 15 is 0 Å². The molecule has 2 rings (SSSR count). The predicted molar refractivity (Wildman–Crippen MR) is 81.3 cm³/mol. The SMILES string of the molecule is COCc1c(Br)cccc1NCc1csc(C(=O)O)n1.